The molecule has 1 aliphatic heterocycles. The van der Waals surface area contributed by atoms with Crippen LogP contribution in [0.5, 0.6) is 5.75 Å². The van der Waals surface area contributed by atoms with Crippen molar-refractivity contribution in [3.8, 4) is 5.75 Å². The Balaban J connectivity index is 1.79. The van der Waals surface area contributed by atoms with Crippen LogP contribution in [0, 0.1) is 0 Å². The van der Waals surface area contributed by atoms with Crippen molar-refractivity contribution in [1.29, 1.82) is 0 Å². The Kier molecular flexibility index (Phi) is 6.50. The highest BCUT2D eigenvalue weighted by Crippen LogP contribution is 2.35. The van der Waals surface area contributed by atoms with Crippen molar-refractivity contribution < 1.29 is 32.6 Å². The van der Waals surface area contributed by atoms with Crippen LogP contribution in [0.2, 0.25) is 0 Å². The Morgan fingerprint density at radius 1 is 1.20 bits per heavy atom. The number of hydrogen-bond donors (Lipinski definition) is 2. The summed E-state index contributed by atoms with van der Waals surface area (Å²) in [6.45, 7) is -1.33. The van der Waals surface area contributed by atoms with Gasteiger partial charge in [0.15, 0.2) is 11.4 Å². The Labute approximate surface area is 197 Å². The molecule has 3 heterocycles. The predicted octanol–water partition coefficient (Wildman–Crippen LogP) is 1.78. The average molecular weight is 494 g/mol. The van der Waals surface area contributed by atoms with Crippen LogP contribution in [0.3, 0.4) is 0 Å². The molecule has 0 atom stereocenters. The van der Waals surface area contributed by atoms with Crippen LogP contribution in [0.15, 0.2) is 29.1 Å². The zero-order chi connectivity index (χ0) is 25.5. The molecular formula is C23H25F3N4O5. The van der Waals surface area contributed by atoms with Gasteiger partial charge in [-0.25, -0.2) is 0 Å². The molecule has 1 fully saturated rings. The van der Waals surface area contributed by atoms with Crippen molar-refractivity contribution in [2.24, 2.45) is 7.05 Å². The summed E-state index contributed by atoms with van der Waals surface area (Å²) in [5, 5.41) is 12.2. The molecule has 0 saturated carbocycles. The van der Waals surface area contributed by atoms with Crippen molar-refractivity contribution in [3.63, 3.8) is 0 Å². The third-order valence-corrected chi connectivity index (χ3v) is 6.33. The molecule has 1 saturated heterocycles. The maximum Gasteiger partial charge on any atom is 0.406 e. The molecule has 2 N–H and O–H groups in total. The summed E-state index contributed by atoms with van der Waals surface area (Å²) in [6.07, 6.45) is -3.70. The van der Waals surface area contributed by atoms with Gasteiger partial charge in [-0.15, -0.1) is 0 Å². The highest BCUT2D eigenvalue weighted by atomic mass is 19.4. The number of halogens is 3. The number of nitrogens with one attached hydrogen (secondary N) is 1. The standard InChI is InChI=1S/C23H25F3N4O5/c1-28-18-14-5-3-4-6-15(14)30(12-23(24,25)26)22(34)17(18)20(35-2)19(28)21(33)27-13-7-9-29(10-8-13)16(32)11-31/h3-6,13,31H,7-12H2,1-2H3,(H,27,33). The van der Waals surface area contributed by atoms with Crippen LogP contribution in [0.4, 0.5) is 13.2 Å². The van der Waals surface area contributed by atoms with Crippen molar-refractivity contribution in [2.45, 2.75) is 31.6 Å². The lowest BCUT2D eigenvalue weighted by molar-refractivity contribution is -0.140. The molecule has 3 aromatic rings. The van der Waals surface area contributed by atoms with Gasteiger partial charge in [0.25, 0.3) is 11.5 Å². The maximum absolute atomic E-state index is 13.3. The summed E-state index contributed by atoms with van der Waals surface area (Å²) in [5.74, 6) is -1.02. The number of aliphatic hydroxyl groups excluding tert-OH is 1. The Bertz CT molecular complexity index is 1350. The molecule has 1 aromatic carbocycles. The van der Waals surface area contributed by atoms with E-state index < -0.39 is 30.8 Å². The second kappa shape index (κ2) is 9.25. The van der Waals surface area contributed by atoms with Gasteiger partial charge in [-0.3, -0.25) is 19.0 Å². The number of aryl methyl sites for hydroxylation is 1. The Hall–Kier alpha value is -3.54. The van der Waals surface area contributed by atoms with E-state index in [4.69, 9.17) is 9.84 Å². The number of carbonyl (C=O) groups excluding carboxylic acids is 2. The second-order valence-corrected chi connectivity index (χ2v) is 8.47. The zero-order valence-corrected chi connectivity index (χ0v) is 19.2. The number of piperidine rings is 1. The topological polar surface area (TPSA) is 106 Å². The summed E-state index contributed by atoms with van der Waals surface area (Å²) in [6, 6.07) is 5.95. The smallest absolute Gasteiger partial charge is 0.406 e. The molecule has 2 aromatic heterocycles. The molecule has 0 bridgehead atoms. The first-order valence-corrected chi connectivity index (χ1v) is 11.0. The van der Waals surface area contributed by atoms with E-state index in [0.717, 1.165) is 0 Å². The van der Waals surface area contributed by atoms with Gasteiger partial charge in [0.1, 0.15) is 18.5 Å². The van der Waals surface area contributed by atoms with Crippen LogP contribution >= 0.6 is 0 Å². The Morgan fingerprint density at radius 2 is 1.86 bits per heavy atom. The number of aromatic nitrogens is 2. The first-order valence-electron chi connectivity index (χ1n) is 11.0. The second-order valence-electron chi connectivity index (χ2n) is 8.47. The lowest BCUT2D eigenvalue weighted by Crippen LogP contribution is -2.47. The van der Waals surface area contributed by atoms with E-state index in [1.807, 2.05) is 0 Å². The highest BCUT2D eigenvalue weighted by Gasteiger charge is 2.33. The van der Waals surface area contributed by atoms with Gasteiger partial charge in [-0.1, -0.05) is 18.2 Å². The number of ether oxygens (including phenoxy) is 1. The molecule has 4 rings (SSSR count). The van der Waals surface area contributed by atoms with Crippen LogP contribution in [-0.4, -0.2) is 70.0 Å². The third-order valence-electron chi connectivity index (χ3n) is 6.33. The number of rotatable bonds is 5. The average Bonchev–Trinajstić information content (AvgIpc) is 3.13. The number of para-hydroxylation sites is 1. The van der Waals surface area contributed by atoms with E-state index in [1.54, 1.807) is 25.2 Å². The number of carbonyl (C=O) groups is 2. The molecule has 9 nitrogen and oxygen atoms in total. The van der Waals surface area contributed by atoms with Crippen LogP contribution < -0.4 is 15.6 Å². The van der Waals surface area contributed by atoms with Crippen molar-refractivity contribution in [3.05, 3.63) is 40.3 Å². The number of benzene rings is 1. The van der Waals surface area contributed by atoms with E-state index in [2.05, 4.69) is 5.32 Å². The van der Waals surface area contributed by atoms with E-state index in [-0.39, 0.29) is 34.3 Å². The largest absolute Gasteiger partial charge is 0.493 e. The third kappa shape index (κ3) is 4.45. The van der Waals surface area contributed by atoms with Gasteiger partial charge < -0.3 is 24.6 Å². The molecule has 0 aliphatic carbocycles. The molecule has 1 aliphatic rings. The number of nitrogens with zero attached hydrogens (tertiary/aromatic N) is 3. The van der Waals surface area contributed by atoms with Crippen LogP contribution in [0.1, 0.15) is 23.3 Å². The van der Waals surface area contributed by atoms with E-state index in [0.29, 0.717) is 41.4 Å². The van der Waals surface area contributed by atoms with Crippen molar-refractivity contribution in [2.75, 3.05) is 26.8 Å². The predicted molar refractivity (Wildman–Crippen MR) is 121 cm³/mol. The number of likely N-dealkylation sites (tertiary alicyclic amines) is 1. The number of hydrogen-bond acceptors (Lipinski definition) is 5. The van der Waals surface area contributed by atoms with Gasteiger partial charge in [0.2, 0.25) is 5.91 Å². The van der Waals surface area contributed by atoms with Gasteiger partial charge in [-0.05, 0) is 18.9 Å². The number of methoxy groups -OCH3 is 1. The first kappa shape index (κ1) is 24.6. The zero-order valence-electron chi connectivity index (χ0n) is 19.2. The molecule has 2 amide bonds. The van der Waals surface area contributed by atoms with Crippen LogP contribution in [0.25, 0.3) is 21.8 Å². The van der Waals surface area contributed by atoms with E-state index in [1.165, 1.54) is 22.6 Å². The number of aliphatic hydroxyl groups is 1. The fourth-order valence-corrected chi connectivity index (χ4v) is 4.74. The minimum Gasteiger partial charge on any atom is -0.493 e. The van der Waals surface area contributed by atoms with Crippen LogP contribution in [-0.2, 0) is 18.4 Å². The Morgan fingerprint density at radius 3 is 2.46 bits per heavy atom. The quantitative estimate of drug-likeness (QED) is 0.563. The molecular weight excluding hydrogens is 469 g/mol. The SMILES string of the molecule is COc1c(C(=O)NC2CCN(C(=O)CO)CC2)n(C)c2c1c(=O)n(CC(F)(F)F)c1ccccc21. The lowest BCUT2D eigenvalue weighted by Gasteiger charge is -2.32. The molecule has 188 valence electrons. The molecule has 0 unspecified atom stereocenters. The van der Waals surface area contributed by atoms with Gasteiger partial charge >= 0.3 is 6.18 Å². The van der Waals surface area contributed by atoms with E-state index in [9.17, 15) is 27.6 Å². The molecule has 0 spiro atoms. The van der Waals surface area contributed by atoms with Gasteiger partial charge in [0.05, 0.1) is 18.1 Å². The lowest BCUT2D eigenvalue weighted by atomic mass is 10.0. The summed E-state index contributed by atoms with van der Waals surface area (Å²) in [7, 11) is 2.82. The molecule has 12 heteroatoms. The number of amides is 2. The fraction of sp³-hybridized carbons (Fsp3) is 0.435. The van der Waals surface area contributed by atoms with Crippen molar-refractivity contribution >= 4 is 33.6 Å². The summed E-state index contributed by atoms with van der Waals surface area (Å²) >= 11 is 0. The number of alkyl halides is 3. The minimum absolute atomic E-state index is 0.0170. The van der Waals surface area contributed by atoms with Gasteiger partial charge in [0, 0.05) is 31.6 Å². The summed E-state index contributed by atoms with van der Waals surface area (Å²) in [5.41, 5.74) is -0.491. The van der Waals surface area contributed by atoms with Gasteiger partial charge in [-0.2, -0.15) is 13.2 Å². The summed E-state index contributed by atoms with van der Waals surface area (Å²) in [4.78, 5) is 39.8. The number of pyridine rings is 1. The molecule has 0 radical (unpaired) electrons. The van der Waals surface area contributed by atoms with Crippen molar-refractivity contribution in [1.82, 2.24) is 19.4 Å². The monoisotopic (exact) mass is 494 g/mol. The molecule has 35 heavy (non-hydrogen) atoms. The van der Waals surface area contributed by atoms with E-state index >= 15 is 0 Å². The normalized spacial score (nSPS) is 15.1. The highest BCUT2D eigenvalue weighted by molar-refractivity contribution is 6.12. The maximum atomic E-state index is 13.3. The summed E-state index contributed by atoms with van der Waals surface area (Å²) < 4.78 is 47.4. The minimum atomic E-state index is -4.63. The first-order chi connectivity index (χ1) is 16.6. The number of fused-ring (bicyclic) bond motifs is 3. The fourth-order valence-electron chi connectivity index (χ4n) is 4.74.